The summed E-state index contributed by atoms with van der Waals surface area (Å²) >= 11 is 0. The first-order valence-corrected chi connectivity index (χ1v) is 20.7. The summed E-state index contributed by atoms with van der Waals surface area (Å²) in [5.41, 5.74) is 0. The van der Waals surface area contributed by atoms with Crippen LogP contribution in [0.25, 0.3) is 0 Å². The molecule has 0 aliphatic carbocycles. The van der Waals surface area contributed by atoms with Gasteiger partial charge in [0.15, 0.2) is 0 Å². The van der Waals surface area contributed by atoms with Crippen LogP contribution in [0.3, 0.4) is 0 Å². The highest BCUT2D eigenvalue weighted by molar-refractivity contribution is 4.64. The van der Waals surface area contributed by atoms with E-state index in [1.807, 2.05) is 0 Å². The quantitative estimate of drug-likeness (QED) is 0.0703. The number of rotatable bonds is 34. The van der Waals surface area contributed by atoms with Crippen molar-refractivity contribution in [3.63, 3.8) is 0 Å². The van der Waals surface area contributed by atoms with Crippen LogP contribution in [0.1, 0.15) is 198 Å². The molecule has 0 aliphatic heterocycles. The Morgan fingerprint density at radius 1 is 0.370 bits per heavy atom. The molecule has 3 heteroatoms. The highest BCUT2D eigenvalue weighted by Crippen LogP contribution is 2.24. The summed E-state index contributed by atoms with van der Waals surface area (Å²) in [6.45, 7) is 25.9. The molecule has 278 valence electrons. The van der Waals surface area contributed by atoms with E-state index in [1.165, 1.54) is 116 Å². The summed E-state index contributed by atoms with van der Waals surface area (Å²) in [6, 6.07) is 0. The molecule has 0 aliphatic rings. The van der Waals surface area contributed by atoms with E-state index in [0.717, 1.165) is 61.6 Å². The second kappa shape index (κ2) is 30.9. The van der Waals surface area contributed by atoms with E-state index in [9.17, 15) is 5.11 Å². The van der Waals surface area contributed by atoms with Crippen LogP contribution in [0, 0.1) is 47.3 Å². The molecule has 7 atom stereocenters. The zero-order valence-electron chi connectivity index (χ0n) is 33.4. The summed E-state index contributed by atoms with van der Waals surface area (Å²) in [5.74, 6) is 6.57. The number of aliphatic hydroxyl groups excluding tert-OH is 1. The third kappa shape index (κ3) is 31.2. The number of hydrogen-bond donors (Lipinski definition) is 1. The molecule has 0 spiro atoms. The van der Waals surface area contributed by atoms with Gasteiger partial charge < -0.3 is 14.6 Å². The number of hydrogen-bond acceptors (Lipinski definition) is 3. The van der Waals surface area contributed by atoms with Crippen molar-refractivity contribution in [3.05, 3.63) is 0 Å². The van der Waals surface area contributed by atoms with Crippen molar-refractivity contribution in [1.82, 2.24) is 0 Å². The van der Waals surface area contributed by atoms with Gasteiger partial charge in [0.25, 0.3) is 0 Å². The Labute approximate surface area is 291 Å². The van der Waals surface area contributed by atoms with Crippen LogP contribution in [0.2, 0.25) is 0 Å². The van der Waals surface area contributed by atoms with E-state index in [4.69, 9.17) is 9.47 Å². The van der Waals surface area contributed by atoms with Gasteiger partial charge in [0, 0.05) is 13.2 Å². The van der Waals surface area contributed by atoms with Gasteiger partial charge in [0.1, 0.15) is 6.10 Å². The fourth-order valence-electron chi connectivity index (χ4n) is 6.96. The third-order valence-corrected chi connectivity index (χ3v) is 10.8. The van der Waals surface area contributed by atoms with Gasteiger partial charge in [0.2, 0.25) is 0 Å². The molecule has 0 bridgehead atoms. The molecule has 0 saturated heterocycles. The Bertz CT molecular complexity index is 619. The van der Waals surface area contributed by atoms with Crippen molar-refractivity contribution in [2.75, 3.05) is 26.4 Å². The number of aliphatic hydroxyl groups is 1. The summed E-state index contributed by atoms with van der Waals surface area (Å²) in [7, 11) is 0. The van der Waals surface area contributed by atoms with Gasteiger partial charge >= 0.3 is 0 Å². The first kappa shape index (κ1) is 45.9. The van der Waals surface area contributed by atoms with Gasteiger partial charge in [-0.05, 0) is 60.2 Å². The van der Waals surface area contributed by atoms with E-state index >= 15 is 0 Å². The Morgan fingerprint density at radius 2 is 0.652 bits per heavy atom. The molecule has 0 unspecified atom stereocenters. The van der Waals surface area contributed by atoms with Crippen molar-refractivity contribution in [2.24, 2.45) is 47.3 Å². The molecule has 0 radical (unpaired) electrons. The summed E-state index contributed by atoms with van der Waals surface area (Å²) < 4.78 is 11.9. The largest absolute Gasteiger partial charge is 0.394 e. The molecule has 0 aromatic carbocycles. The standard InChI is InChI=1S/C43H88O3/c1-35(2)17-11-19-37(5)21-13-23-39(7)25-15-27-41(9)29-31-45-34-43(33-44)46-32-30-42(10)28-16-26-40(8)24-14-22-38(6)20-12-18-36(3)4/h35-44H,11-34H2,1-10H3/t37-,38-,39-,40-,41-,42-,43+/m1/s1. The SMILES string of the molecule is CC(C)CCC[C@@H](C)CCC[C@@H](C)CCC[C@@H](C)CCOC[C@H](CO)OCC[C@H](C)CCC[C@H](C)CCC[C@H](C)CCCC(C)C. The summed E-state index contributed by atoms with van der Waals surface area (Å²) in [4.78, 5) is 0. The average Bonchev–Trinajstić information content (AvgIpc) is 2.98. The van der Waals surface area contributed by atoms with E-state index in [-0.39, 0.29) is 12.7 Å². The predicted molar refractivity (Wildman–Crippen MR) is 205 cm³/mol. The smallest absolute Gasteiger partial charge is 0.104 e. The Morgan fingerprint density at radius 3 is 0.957 bits per heavy atom. The van der Waals surface area contributed by atoms with Crippen LogP contribution in [-0.2, 0) is 9.47 Å². The van der Waals surface area contributed by atoms with Crippen molar-refractivity contribution < 1.29 is 14.6 Å². The Hall–Kier alpha value is -0.120. The molecular formula is C43H88O3. The average molecular weight is 653 g/mol. The van der Waals surface area contributed by atoms with Gasteiger partial charge in [-0.1, -0.05) is 185 Å². The maximum Gasteiger partial charge on any atom is 0.104 e. The van der Waals surface area contributed by atoms with Gasteiger partial charge in [-0.15, -0.1) is 0 Å². The highest BCUT2D eigenvalue weighted by Gasteiger charge is 2.13. The molecule has 46 heavy (non-hydrogen) atoms. The van der Waals surface area contributed by atoms with Crippen LogP contribution in [0.15, 0.2) is 0 Å². The van der Waals surface area contributed by atoms with Gasteiger partial charge in [-0.2, -0.15) is 0 Å². The van der Waals surface area contributed by atoms with Crippen molar-refractivity contribution in [3.8, 4) is 0 Å². The lowest BCUT2D eigenvalue weighted by molar-refractivity contribution is -0.0471. The summed E-state index contributed by atoms with van der Waals surface area (Å²) in [6.07, 6.45) is 26.8. The zero-order chi connectivity index (χ0) is 34.6. The van der Waals surface area contributed by atoms with Gasteiger partial charge in [-0.3, -0.25) is 0 Å². The van der Waals surface area contributed by atoms with E-state index in [0.29, 0.717) is 18.4 Å². The Kier molecular flexibility index (Phi) is 30.8. The number of ether oxygens (including phenoxy) is 2. The van der Waals surface area contributed by atoms with Crippen LogP contribution >= 0.6 is 0 Å². The molecule has 1 N–H and O–H groups in total. The maximum atomic E-state index is 9.78. The van der Waals surface area contributed by atoms with E-state index in [2.05, 4.69) is 69.2 Å². The topological polar surface area (TPSA) is 38.7 Å². The van der Waals surface area contributed by atoms with Crippen LogP contribution < -0.4 is 0 Å². The van der Waals surface area contributed by atoms with Crippen LogP contribution in [-0.4, -0.2) is 37.6 Å². The molecule has 3 nitrogen and oxygen atoms in total. The minimum atomic E-state index is -0.186. The van der Waals surface area contributed by atoms with E-state index in [1.54, 1.807) is 0 Å². The van der Waals surface area contributed by atoms with Gasteiger partial charge in [-0.25, -0.2) is 0 Å². The van der Waals surface area contributed by atoms with Crippen molar-refractivity contribution >= 4 is 0 Å². The second-order valence-electron chi connectivity index (χ2n) is 17.3. The highest BCUT2D eigenvalue weighted by atomic mass is 16.5. The Balaban J connectivity index is 3.77. The first-order chi connectivity index (χ1) is 21.9. The summed E-state index contributed by atoms with van der Waals surface area (Å²) in [5, 5.41) is 9.78. The second-order valence-corrected chi connectivity index (χ2v) is 17.3. The molecule has 0 aromatic rings. The van der Waals surface area contributed by atoms with Gasteiger partial charge in [0.05, 0.1) is 13.2 Å². The minimum Gasteiger partial charge on any atom is -0.394 e. The fourth-order valence-corrected chi connectivity index (χ4v) is 6.96. The lowest BCUT2D eigenvalue weighted by Crippen LogP contribution is -2.25. The van der Waals surface area contributed by atoms with E-state index < -0.39 is 0 Å². The lowest BCUT2D eigenvalue weighted by atomic mass is 9.91. The zero-order valence-corrected chi connectivity index (χ0v) is 33.4. The molecule has 0 rings (SSSR count). The lowest BCUT2D eigenvalue weighted by Gasteiger charge is -2.19. The third-order valence-electron chi connectivity index (χ3n) is 10.8. The first-order valence-electron chi connectivity index (χ1n) is 20.7. The van der Waals surface area contributed by atoms with Crippen LogP contribution in [0.5, 0.6) is 0 Å². The maximum absolute atomic E-state index is 9.78. The van der Waals surface area contributed by atoms with Crippen LogP contribution in [0.4, 0.5) is 0 Å². The van der Waals surface area contributed by atoms with Crippen molar-refractivity contribution in [2.45, 2.75) is 204 Å². The molecule has 0 saturated carbocycles. The normalized spacial score (nSPS) is 16.9. The van der Waals surface area contributed by atoms with Crippen molar-refractivity contribution in [1.29, 1.82) is 0 Å². The molecule has 0 aromatic heterocycles. The molecule has 0 fully saturated rings. The molecule has 0 heterocycles. The predicted octanol–water partition coefficient (Wildman–Crippen LogP) is 13.3. The minimum absolute atomic E-state index is 0.0480. The molecular weight excluding hydrogens is 564 g/mol. The fraction of sp³-hybridized carbons (Fsp3) is 1.00. The molecule has 0 amide bonds. The monoisotopic (exact) mass is 653 g/mol.